The Kier molecular flexibility index (Phi) is 3.58. The first-order chi connectivity index (χ1) is 7.94. The van der Waals surface area contributed by atoms with E-state index >= 15 is 0 Å². The number of carbonyl (C=O) groups is 1. The molecule has 1 heterocycles. The molecule has 0 radical (unpaired) electrons. The van der Waals surface area contributed by atoms with E-state index in [0.717, 1.165) is 12.8 Å². The number of allylic oxidation sites excluding steroid dienone is 2. The topological polar surface area (TPSA) is 26.3 Å². The maximum atomic E-state index is 11.9. The molecule has 0 saturated heterocycles. The van der Waals surface area contributed by atoms with Crippen molar-refractivity contribution in [2.75, 3.05) is 6.61 Å². The summed E-state index contributed by atoms with van der Waals surface area (Å²) >= 11 is 1.72. The lowest BCUT2D eigenvalue weighted by molar-refractivity contribution is -0.143. The highest BCUT2D eigenvalue weighted by Gasteiger charge is 2.44. The van der Waals surface area contributed by atoms with Crippen LogP contribution in [-0.4, -0.2) is 17.8 Å². The van der Waals surface area contributed by atoms with Crippen molar-refractivity contribution >= 4 is 17.7 Å². The van der Waals surface area contributed by atoms with Gasteiger partial charge >= 0.3 is 5.97 Å². The van der Waals surface area contributed by atoms with E-state index in [1.165, 1.54) is 16.9 Å². The number of hydrogen-bond donors (Lipinski definition) is 0. The van der Waals surface area contributed by atoms with Gasteiger partial charge in [-0.05, 0) is 43.4 Å². The molecule has 0 aromatic heterocycles. The van der Waals surface area contributed by atoms with Gasteiger partial charge in [0.25, 0.3) is 0 Å². The zero-order valence-electron chi connectivity index (χ0n) is 11.2. The van der Waals surface area contributed by atoms with Crippen LogP contribution < -0.4 is 0 Å². The minimum atomic E-state index is -0.0171. The van der Waals surface area contributed by atoms with E-state index < -0.39 is 0 Å². The summed E-state index contributed by atoms with van der Waals surface area (Å²) in [5.74, 6) is 0.420. The summed E-state index contributed by atoms with van der Waals surface area (Å²) in [6.45, 7) is 9.18. The van der Waals surface area contributed by atoms with Crippen LogP contribution in [0.3, 0.4) is 0 Å². The van der Waals surface area contributed by atoms with E-state index in [1.54, 1.807) is 11.8 Å². The van der Waals surface area contributed by atoms with Crippen LogP contribution in [-0.2, 0) is 9.53 Å². The molecule has 3 heteroatoms. The summed E-state index contributed by atoms with van der Waals surface area (Å²) in [5, 5.41) is 0.0287. The third-order valence-corrected chi connectivity index (χ3v) is 5.28. The molecule has 2 unspecified atom stereocenters. The average Bonchev–Trinajstić information content (AvgIpc) is 2.55. The Balaban J connectivity index is 2.13. The molecule has 2 rings (SSSR count). The minimum absolute atomic E-state index is 0.0171. The fraction of sp³-hybridized carbons (Fsp3) is 0.786. The van der Waals surface area contributed by atoms with Gasteiger partial charge < -0.3 is 4.74 Å². The molecule has 0 bridgehead atoms. The summed E-state index contributed by atoms with van der Waals surface area (Å²) in [4.78, 5) is 13.3. The number of ether oxygens (including phenoxy) is 1. The van der Waals surface area contributed by atoms with Crippen LogP contribution >= 0.6 is 11.8 Å². The number of rotatable bonds is 2. The van der Waals surface area contributed by atoms with Crippen molar-refractivity contribution in [3.05, 3.63) is 10.5 Å². The van der Waals surface area contributed by atoms with Crippen LogP contribution in [0.1, 0.15) is 47.0 Å². The van der Waals surface area contributed by atoms with Gasteiger partial charge in [0, 0.05) is 5.92 Å². The zero-order valence-corrected chi connectivity index (χ0v) is 12.0. The molecule has 2 nitrogen and oxygen atoms in total. The van der Waals surface area contributed by atoms with Crippen LogP contribution in [0.5, 0.6) is 0 Å². The quantitative estimate of drug-likeness (QED) is 0.702. The molecule has 1 saturated carbocycles. The Hall–Kier alpha value is -0.440. The maximum Gasteiger partial charge on any atom is 0.320 e. The van der Waals surface area contributed by atoms with Crippen molar-refractivity contribution in [1.82, 2.24) is 0 Å². The van der Waals surface area contributed by atoms with Crippen molar-refractivity contribution in [2.45, 2.75) is 52.2 Å². The van der Waals surface area contributed by atoms with E-state index in [9.17, 15) is 4.79 Å². The Morgan fingerprint density at radius 2 is 2.24 bits per heavy atom. The number of hydrogen-bond acceptors (Lipinski definition) is 3. The summed E-state index contributed by atoms with van der Waals surface area (Å²) < 4.78 is 5.19. The molecule has 0 spiro atoms. The molecule has 96 valence electrons. The summed E-state index contributed by atoms with van der Waals surface area (Å²) in [5.41, 5.74) is 1.92. The van der Waals surface area contributed by atoms with Gasteiger partial charge in [-0.15, -0.1) is 11.8 Å². The third kappa shape index (κ3) is 2.54. The molecule has 0 N–H and O–H groups in total. The van der Waals surface area contributed by atoms with Crippen molar-refractivity contribution in [3.63, 3.8) is 0 Å². The van der Waals surface area contributed by atoms with Crippen molar-refractivity contribution in [2.24, 2.45) is 11.3 Å². The van der Waals surface area contributed by atoms with Gasteiger partial charge in [0.2, 0.25) is 0 Å². The summed E-state index contributed by atoms with van der Waals surface area (Å²) in [6, 6.07) is 0. The lowest BCUT2D eigenvalue weighted by Gasteiger charge is -2.36. The highest BCUT2D eigenvalue weighted by atomic mass is 32.2. The SMILES string of the molecule is CCOC(=O)C1SC(C)=C2CC(C)(C)CCC21. The van der Waals surface area contributed by atoms with Gasteiger partial charge in [-0.1, -0.05) is 19.4 Å². The second-order valence-corrected chi connectivity index (χ2v) is 7.21. The monoisotopic (exact) mass is 254 g/mol. The van der Waals surface area contributed by atoms with Gasteiger partial charge in [-0.2, -0.15) is 0 Å². The molecule has 1 aliphatic heterocycles. The Morgan fingerprint density at radius 1 is 1.53 bits per heavy atom. The molecular formula is C14H22O2S. The van der Waals surface area contributed by atoms with Gasteiger partial charge in [-0.25, -0.2) is 0 Å². The molecule has 17 heavy (non-hydrogen) atoms. The van der Waals surface area contributed by atoms with E-state index in [2.05, 4.69) is 20.8 Å². The van der Waals surface area contributed by atoms with Crippen molar-refractivity contribution < 1.29 is 9.53 Å². The number of carbonyl (C=O) groups excluding carboxylic acids is 1. The van der Waals surface area contributed by atoms with Crippen LogP contribution in [0.15, 0.2) is 10.5 Å². The normalized spacial score (nSPS) is 31.3. The average molecular weight is 254 g/mol. The molecule has 0 aromatic carbocycles. The minimum Gasteiger partial charge on any atom is -0.465 e. The lowest BCUT2D eigenvalue weighted by Crippen LogP contribution is -2.32. The summed E-state index contributed by atoms with van der Waals surface area (Å²) in [7, 11) is 0. The first-order valence-electron chi connectivity index (χ1n) is 6.47. The standard InChI is InChI=1S/C14H22O2S/c1-5-16-13(15)12-10-6-7-14(3,4)8-11(10)9(2)17-12/h10,12H,5-8H2,1-4H3. The number of thioether (sulfide) groups is 1. The van der Waals surface area contributed by atoms with Crippen LogP contribution in [0.25, 0.3) is 0 Å². The molecular weight excluding hydrogens is 232 g/mol. The second kappa shape index (κ2) is 4.68. The fourth-order valence-corrected chi connectivity index (χ4v) is 4.34. The van der Waals surface area contributed by atoms with E-state index in [-0.39, 0.29) is 11.2 Å². The first-order valence-corrected chi connectivity index (χ1v) is 7.35. The van der Waals surface area contributed by atoms with E-state index in [0.29, 0.717) is 17.9 Å². The van der Waals surface area contributed by atoms with Gasteiger partial charge in [0.15, 0.2) is 0 Å². The Morgan fingerprint density at radius 3 is 2.88 bits per heavy atom. The van der Waals surface area contributed by atoms with Crippen LogP contribution in [0.2, 0.25) is 0 Å². The van der Waals surface area contributed by atoms with Gasteiger partial charge in [0.1, 0.15) is 5.25 Å². The Labute approximate surface area is 108 Å². The lowest BCUT2D eigenvalue weighted by atomic mass is 9.69. The highest BCUT2D eigenvalue weighted by molar-refractivity contribution is 8.04. The number of esters is 1. The molecule has 0 amide bonds. The Bertz CT molecular complexity index is 357. The van der Waals surface area contributed by atoms with Crippen LogP contribution in [0.4, 0.5) is 0 Å². The first kappa shape index (κ1) is 13.0. The van der Waals surface area contributed by atoms with E-state index in [4.69, 9.17) is 4.74 Å². The predicted molar refractivity (Wildman–Crippen MR) is 71.8 cm³/mol. The molecule has 2 aliphatic rings. The second-order valence-electron chi connectivity index (χ2n) is 5.86. The smallest absolute Gasteiger partial charge is 0.320 e. The largest absolute Gasteiger partial charge is 0.465 e. The van der Waals surface area contributed by atoms with Crippen molar-refractivity contribution in [1.29, 1.82) is 0 Å². The fourth-order valence-electron chi connectivity index (χ4n) is 2.96. The maximum absolute atomic E-state index is 11.9. The molecule has 1 aliphatic carbocycles. The zero-order chi connectivity index (χ0) is 12.6. The molecule has 1 fully saturated rings. The predicted octanol–water partition coefficient (Wildman–Crippen LogP) is 3.77. The van der Waals surface area contributed by atoms with Crippen LogP contribution in [0, 0.1) is 11.3 Å². The highest BCUT2D eigenvalue weighted by Crippen LogP contribution is 2.53. The van der Waals surface area contributed by atoms with E-state index in [1.807, 2.05) is 6.92 Å². The van der Waals surface area contributed by atoms with Crippen molar-refractivity contribution in [3.8, 4) is 0 Å². The summed E-state index contributed by atoms with van der Waals surface area (Å²) in [6.07, 6.45) is 3.49. The van der Waals surface area contributed by atoms with Gasteiger partial charge in [0.05, 0.1) is 6.61 Å². The molecule has 2 atom stereocenters. The third-order valence-electron chi connectivity index (χ3n) is 3.89. The molecule has 0 aromatic rings. The van der Waals surface area contributed by atoms with Gasteiger partial charge in [-0.3, -0.25) is 4.79 Å². The number of fused-ring (bicyclic) bond motifs is 1.